The molecule has 158 valence electrons. The van der Waals surface area contributed by atoms with Crippen molar-refractivity contribution in [3.05, 3.63) is 58.0 Å². The van der Waals surface area contributed by atoms with Crippen molar-refractivity contribution in [3.8, 4) is 5.75 Å². The number of hydrogen-bond acceptors (Lipinski definition) is 7. The van der Waals surface area contributed by atoms with Gasteiger partial charge in [0, 0.05) is 13.1 Å². The molecule has 3 aromatic rings. The number of aryl methyl sites for hydroxylation is 1. The zero-order chi connectivity index (χ0) is 21.7. The first-order valence-electron chi connectivity index (χ1n) is 9.12. The molecule has 0 saturated heterocycles. The van der Waals surface area contributed by atoms with E-state index in [0.29, 0.717) is 27.9 Å². The molecule has 10 nitrogen and oxygen atoms in total. The largest absolute Gasteiger partial charge is 0.496 e. The average Bonchev–Trinajstić information content (AvgIpc) is 3.31. The lowest BCUT2D eigenvalue weighted by molar-refractivity contribution is 0.0897. The van der Waals surface area contributed by atoms with Gasteiger partial charge in [-0.25, -0.2) is 0 Å². The molecule has 1 aromatic carbocycles. The minimum atomic E-state index is -0.535. The molecule has 0 atom stereocenters. The Hall–Kier alpha value is -3.40. The van der Waals surface area contributed by atoms with Gasteiger partial charge in [0.25, 0.3) is 5.91 Å². The maximum Gasteiger partial charge on any atom is 0.316 e. The SMILES string of the molecule is COc1ccccc1C(=O)NCCNC(=O)c1nc(Cn2nc(C)c(Cl)c2C)no1. The number of rotatable bonds is 8. The van der Waals surface area contributed by atoms with Gasteiger partial charge in [-0.3, -0.25) is 14.3 Å². The van der Waals surface area contributed by atoms with Crippen LogP contribution >= 0.6 is 11.6 Å². The molecule has 0 radical (unpaired) electrons. The van der Waals surface area contributed by atoms with E-state index in [1.165, 1.54) is 7.11 Å². The quantitative estimate of drug-likeness (QED) is 0.519. The second-order valence-electron chi connectivity index (χ2n) is 6.37. The highest BCUT2D eigenvalue weighted by molar-refractivity contribution is 6.31. The van der Waals surface area contributed by atoms with Crippen LogP contribution in [-0.2, 0) is 6.54 Å². The van der Waals surface area contributed by atoms with Gasteiger partial charge in [-0.15, -0.1) is 0 Å². The molecule has 2 N–H and O–H groups in total. The average molecular weight is 433 g/mol. The van der Waals surface area contributed by atoms with Crippen molar-refractivity contribution in [2.24, 2.45) is 0 Å². The maximum absolute atomic E-state index is 12.2. The number of methoxy groups -OCH3 is 1. The van der Waals surface area contributed by atoms with Crippen LogP contribution in [0.15, 0.2) is 28.8 Å². The van der Waals surface area contributed by atoms with Gasteiger partial charge in [0.1, 0.15) is 12.3 Å². The highest BCUT2D eigenvalue weighted by Gasteiger charge is 2.17. The molecule has 30 heavy (non-hydrogen) atoms. The Kier molecular flexibility index (Phi) is 6.68. The van der Waals surface area contributed by atoms with E-state index in [0.717, 1.165) is 5.69 Å². The Morgan fingerprint density at radius 3 is 2.53 bits per heavy atom. The van der Waals surface area contributed by atoms with Crippen molar-refractivity contribution in [3.63, 3.8) is 0 Å². The normalized spacial score (nSPS) is 10.7. The van der Waals surface area contributed by atoms with Gasteiger partial charge in [0.2, 0.25) is 0 Å². The first kappa shape index (κ1) is 21.3. The van der Waals surface area contributed by atoms with Crippen molar-refractivity contribution in [2.75, 3.05) is 20.2 Å². The highest BCUT2D eigenvalue weighted by atomic mass is 35.5. The van der Waals surface area contributed by atoms with Crippen LogP contribution in [0.4, 0.5) is 0 Å². The Bertz CT molecular complexity index is 1060. The van der Waals surface area contributed by atoms with Crippen molar-refractivity contribution >= 4 is 23.4 Å². The number of halogens is 1. The van der Waals surface area contributed by atoms with Gasteiger partial charge in [0.05, 0.1) is 29.1 Å². The van der Waals surface area contributed by atoms with E-state index in [1.807, 2.05) is 6.92 Å². The molecule has 0 aliphatic heterocycles. The van der Waals surface area contributed by atoms with Gasteiger partial charge in [0.15, 0.2) is 5.82 Å². The van der Waals surface area contributed by atoms with Crippen LogP contribution in [-0.4, -0.2) is 51.9 Å². The third-order valence-corrected chi connectivity index (χ3v) is 4.84. The van der Waals surface area contributed by atoms with Crippen LogP contribution in [0, 0.1) is 13.8 Å². The third-order valence-electron chi connectivity index (χ3n) is 4.29. The number of benzene rings is 1. The van der Waals surface area contributed by atoms with Crippen molar-refractivity contribution in [2.45, 2.75) is 20.4 Å². The summed E-state index contributed by atoms with van der Waals surface area (Å²) in [6.45, 7) is 4.26. The molecule has 2 aromatic heterocycles. The van der Waals surface area contributed by atoms with E-state index in [4.69, 9.17) is 20.9 Å². The summed E-state index contributed by atoms with van der Waals surface area (Å²) in [5.41, 5.74) is 1.89. The number of para-hydroxylation sites is 1. The molecular formula is C19H21ClN6O4. The maximum atomic E-state index is 12.2. The van der Waals surface area contributed by atoms with Crippen LogP contribution in [0.1, 0.15) is 38.3 Å². The summed E-state index contributed by atoms with van der Waals surface area (Å²) in [7, 11) is 1.49. The van der Waals surface area contributed by atoms with Crippen LogP contribution < -0.4 is 15.4 Å². The second kappa shape index (κ2) is 9.40. The Labute approximate surface area is 177 Å². The number of carbonyl (C=O) groups excluding carboxylic acids is 2. The van der Waals surface area contributed by atoms with Crippen LogP contribution in [0.3, 0.4) is 0 Å². The molecule has 0 bridgehead atoms. The zero-order valence-electron chi connectivity index (χ0n) is 16.7. The molecular weight excluding hydrogens is 412 g/mol. The molecule has 0 saturated carbocycles. The smallest absolute Gasteiger partial charge is 0.316 e. The predicted octanol–water partition coefficient (Wildman–Crippen LogP) is 1.75. The summed E-state index contributed by atoms with van der Waals surface area (Å²) < 4.78 is 11.8. The van der Waals surface area contributed by atoms with Crippen molar-refractivity contribution < 1.29 is 18.8 Å². The van der Waals surface area contributed by atoms with E-state index in [-0.39, 0.29) is 31.4 Å². The van der Waals surface area contributed by atoms with Crippen LogP contribution in [0.25, 0.3) is 0 Å². The number of aromatic nitrogens is 4. The van der Waals surface area contributed by atoms with E-state index in [2.05, 4.69) is 25.9 Å². The molecule has 0 aliphatic rings. The monoisotopic (exact) mass is 432 g/mol. The number of carbonyl (C=O) groups is 2. The van der Waals surface area contributed by atoms with Crippen molar-refractivity contribution in [1.82, 2.24) is 30.6 Å². The molecule has 2 amide bonds. The molecule has 0 fully saturated rings. The van der Waals surface area contributed by atoms with Gasteiger partial charge in [-0.05, 0) is 26.0 Å². The highest BCUT2D eigenvalue weighted by Crippen LogP contribution is 2.19. The molecule has 0 spiro atoms. The third kappa shape index (κ3) is 4.77. The first-order chi connectivity index (χ1) is 14.4. The topological polar surface area (TPSA) is 124 Å². The number of ether oxygens (including phenoxy) is 1. The second-order valence-corrected chi connectivity index (χ2v) is 6.75. The van der Waals surface area contributed by atoms with Crippen LogP contribution in [0.5, 0.6) is 5.75 Å². The lowest BCUT2D eigenvalue weighted by Gasteiger charge is -2.09. The molecule has 2 heterocycles. The predicted molar refractivity (Wildman–Crippen MR) is 108 cm³/mol. The van der Waals surface area contributed by atoms with Gasteiger partial charge < -0.3 is 19.9 Å². The summed E-state index contributed by atoms with van der Waals surface area (Å²) in [6.07, 6.45) is 0. The Balaban J connectivity index is 1.49. The van der Waals surface area contributed by atoms with Gasteiger partial charge >= 0.3 is 11.8 Å². The van der Waals surface area contributed by atoms with Gasteiger partial charge in [-0.2, -0.15) is 10.1 Å². The molecule has 11 heteroatoms. The Morgan fingerprint density at radius 2 is 1.87 bits per heavy atom. The fourth-order valence-corrected chi connectivity index (χ4v) is 2.86. The minimum absolute atomic E-state index is 0.173. The first-order valence-corrected chi connectivity index (χ1v) is 9.50. The van der Waals surface area contributed by atoms with Crippen LogP contribution in [0.2, 0.25) is 5.02 Å². The lowest BCUT2D eigenvalue weighted by atomic mass is 10.2. The minimum Gasteiger partial charge on any atom is -0.496 e. The lowest BCUT2D eigenvalue weighted by Crippen LogP contribution is -2.35. The fourth-order valence-electron chi connectivity index (χ4n) is 2.73. The number of amides is 2. The summed E-state index contributed by atoms with van der Waals surface area (Å²) >= 11 is 6.12. The van der Waals surface area contributed by atoms with Gasteiger partial charge in [-0.1, -0.05) is 28.9 Å². The number of hydrogen-bond donors (Lipinski definition) is 2. The van der Waals surface area contributed by atoms with Crippen molar-refractivity contribution in [1.29, 1.82) is 0 Å². The number of nitrogens with zero attached hydrogens (tertiary/aromatic N) is 4. The Morgan fingerprint density at radius 1 is 1.17 bits per heavy atom. The van der Waals surface area contributed by atoms with E-state index < -0.39 is 5.91 Å². The standard InChI is InChI=1S/C19H21ClN6O4/c1-11-16(20)12(2)26(24-11)10-15-23-19(30-25-15)18(28)22-9-8-21-17(27)13-6-4-5-7-14(13)29-3/h4-7H,8-10H2,1-3H3,(H,21,27)(H,22,28). The summed E-state index contributed by atoms with van der Waals surface area (Å²) in [5.74, 6) is -0.237. The molecule has 3 rings (SSSR count). The summed E-state index contributed by atoms with van der Waals surface area (Å²) in [4.78, 5) is 28.4. The van der Waals surface area contributed by atoms with E-state index >= 15 is 0 Å². The summed E-state index contributed by atoms with van der Waals surface area (Å²) in [5, 5.41) is 14.0. The molecule has 0 unspecified atom stereocenters. The number of nitrogens with one attached hydrogen (secondary N) is 2. The summed E-state index contributed by atoms with van der Waals surface area (Å²) in [6, 6.07) is 6.87. The molecule has 0 aliphatic carbocycles. The zero-order valence-corrected chi connectivity index (χ0v) is 17.5. The van der Waals surface area contributed by atoms with E-state index in [9.17, 15) is 9.59 Å². The fraction of sp³-hybridized carbons (Fsp3) is 0.316. The van der Waals surface area contributed by atoms with E-state index in [1.54, 1.807) is 35.9 Å².